The Balaban J connectivity index is 0. The van der Waals surface area contributed by atoms with Gasteiger partial charge in [-0.15, -0.1) is 0 Å². The molecule has 0 aromatic heterocycles. The number of unbranched alkanes of at least 4 members (excludes halogenated alkanes) is 33. The highest BCUT2D eigenvalue weighted by atomic mass is 16.6. The molecule has 0 fully saturated rings. The Bertz CT molecular complexity index is 1010. The van der Waals surface area contributed by atoms with Crippen molar-refractivity contribution in [1.82, 2.24) is 0 Å². The number of hydrogen-bond acceptors (Lipinski definition) is 6. The van der Waals surface area contributed by atoms with Gasteiger partial charge in [-0.3, -0.25) is 14.4 Å². The molecule has 7 nitrogen and oxygen atoms in total. The van der Waals surface area contributed by atoms with Crippen molar-refractivity contribution in [3.8, 4) is 0 Å². The zero-order valence-corrected chi connectivity index (χ0v) is 42.6. The average Bonchev–Trinajstić information content (AvgIpc) is 3.28. The van der Waals surface area contributed by atoms with E-state index >= 15 is 0 Å². The number of carbonyl (C=O) groups is 3. The van der Waals surface area contributed by atoms with Gasteiger partial charge < -0.3 is 19.7 Å². The Morgan fingerprint density at radius 1 is 0.312 bits per heavy atom. The zero-order chi connectivity index (χ0) is 45.8. The summed E-state index contributed by atoms with van der Waals surface area (Å²) in [5.74, 6) is -0.893. The van der Waals surface area contributed by atoms with Crippen LogP contribution < -0.4 is 0 Å². The number of carbonyl (C=O) groups excluding carboxylic acids is 3. The summed E-state index contributed by atoms with van der Waals surface area (Å²) in [5, 5.41) is 0. The van der Waals surface area contributed by atoms with Crippen molar-refractivity contribution in [3.63, 3.8) is 0 Å². The van der Waals surface area contributed by atoms with Crippen LogP contribution in [0, 0.1) is 0 Å². The van der Waals surface area contributed by atoms with Crippen molar-refractivity contribution < 1.29 is 34.1 Å². The summed E-state index contributed by atoms with van der Waals surface area (Å²) in [4.78, 5) is 38.0. The third-order valence-electron chi connectivity index (χ3n) is 12.1. The summed E-state index contributed by atoms with van der Waals surface area (Å²) in [6.45, 7) is 6.63. The van der Waals surface area contributed by atoms with Gasteiger partial charge in [-0.2, -0.15) is 0 Å². The van der Waals surface area contributed by atoms with Gasteiger partial charge in [-0.1, -0.05) is 211 Å². The van der Waals surface area contributed by atoms with E-state index in [1.807, 2.05) is 0 Å². The highest BCUT2D eigenvalue weighted by Gasteiger charge is 2.19. The van der Waals surface area contributed by atoms with Crippen molar-refractivity contribution in [2.24, 2.45) is 0 Å². The highest BCUT2D eigenvalue weighted by Crippen LogP contribution is 2.15. The molecular weight excluding hydrogens is 797 g/mol. The fourth-order valence-electron chi connectivity index (χ4n) is 7.90. The van der Waals surface area contributed by atoms with E-state index in [9.17, 15) is 14.4 Å². The summed E-state index contributed by atoms with van der Waals surface area (Å²) in [7, 11) is 0. The lowest BCUT2D eigenvalue weighted by Crippen LogP contribution is -2.30. The molecule has 376 valence electrons. The fraction of sp³-hybridized carbons (Fsp3) is 0.842. The molecule has 2 N–H and O–H groups in total. The van der Waals surface area contributed by atoms with E-state index in [0.29, 0.717) is 19.3 Å². The first-order valence-electron chi connectivity index (χ1n) is 27.5. The van der Waals surface area contributed by atoms with Crippen molar-refractivity contribution in [2.45, 2.75) is 297 Å². The fourth-order valence-corrected chi connectivity index (χ4v) is 7.90. The summed E-state index contributed by atoms with van der Waals surface area (Å²) in [6, 6.07) is 0. The minimum Gasteiger partial charge on any atom is -0.462 e. The molecule has 0 aliphatic carbocycles. The van der Waals surface area contributed by atoms with Crippen molar-refractivity contribution in [3.05, 3.63) is 36.5 Å². The third kappa shape index (κ3) is 52.2. The zero-order valence-electron chi connectivity index (χ0n) is 42.6. The minimum absolute atomic E-state index is 0. The largest absolute Gasteiger partial charge is 0.462 e. The van der Waals surface area contributed by atoms with Gasteiger partial charge in [0.25, 0.3) is 0 Å². The van der Waals surface area contributed by atoms with E-state index in [4.69, 9.17) is 14.2 Å². The predicted molar refractivity (Wildman–Crippen MR) is 274 cm³/mol. The van der Waals surface area contributed by atoms with Crippen LogP contribution in [0.5, 0.6) is 0 Å². The highest BCUT2D eigenvalue weighted by molar-refractivity contribution is 5.71. The number of rotatable bonds is 50. The van der Waals surface area contributed by atoms with E-state index in [0.717, 1.165) is 77.0 Å². The van der Waals surface area contributed by atoms with Crippen molar-refractivity contribution in [2.75, 3.05) is 13.2 Å². The van der Waals surface area contributed by atoms with Crippen LogP contribution >= 0.6 is 0 Å². The van der Waals surface area contributed by atoms with Crippen LogP contribution in [0.1, 0.15) is 290 Å². The van der Waals surface area contributed by atoms with E-state index in [1.54, 1.807) is 0 Å². The summed E-state index contributed by atoms with van der Waals surface area (Å²) >= 11 is 0. The summed E-state index contributed by atoms with van der Waals surface area (Å²) in [6.07, 6.45) is 61.2. The molecule has 0 bridgehead atoms. The number of hydrogen-bond donors (Lipinski definition) is 0. The molecule has 0 heterocycles. The van der Waals surface area contributed by atoms with E-state index in [-0.39, 0.29) is 36.6 Å². The number of allylic oxidation sites excluding steroid dienone is 6. The lowest BCUT2D eigenvalue weighted by molar-refractivity contribution is -0.167. The summed E-state index contributed by atoms with van der Waals surface area (Å²) < 4.78 is 16.8. The van der Waals surface area contributed by atoms with Crippen molar-refractivity contribution in [1.29, 1.82) is 0 Å². The third-order valence-corrected chi connectivity index (χ3v) is 12.1. The van der Waals surface area contributed by atoms with Gasteiger partial charge in [0.2, 0.25) is 0 Å². The van der Waals surface area contributed by atoms with Crippen LogP contribution in [0.2, 0.25) is 0 Å². The Morgan fingerprint density at radius 3 is 0.797 bits per heavy atom. The Hall–Kier alpha value is -2.41. The van der Waals surface area contributed by atoms with E-state index in [1.165, 1.54) is 173 Å². The summed E-state index contributed by atoms with van der Waals surface area (Å²) in [5.41, 5.74) is 0. The molecule has 0 atom stereocenters. The maximum atomic E-state index is 12.8. The molecular formula is C57H106O7. The van der Waals surface area contributed by atoms with Crippen LogP contribution in [0.15, 0.2) is 36.5 Å². The topological polar surface area (TPSA) is 110 Å². The minimum atomic E-state index is -0.781. The molecule has 0 aromatic carbocycles. The predicted octanol–water partition coefficient (Wildman–Crippen LogP) is 17.3. The second kappa shape index (κ2) is 54.9. The van der Waals surface area contributed by atoms with Gasteiger partial charge in [-0.25, -0.2) is 0 Å². The first-order chi connectivity index (χ1) is 31.0. The smallest absolute Gasteiger partial charge is 0.306 e. The maximum Gasteiger partial charge on any atom is 0.306 e. The lowest BCUT2D eigenvalue weighted by Gasteiger charge is -2.18. The molecule has 0 aliphatic rings. The molecule has 0 aliphatic heterocycles. The van der Waals surface area contributed by atoms with Gasteiger partial charge in [0, 0.05) is 19.3 Å². The molecule has 0 radical (unpaired) electrons. The normalized spacial score (nSPS) is 11.6. The van der Waals surface area contributed by atoms with Gasteiger partial charge in [0.15, 0.2) is 6.10 Å². The number of esters is 3. The van der Waals surface area contributed by atoms with Crippen LogP contribution in [0.4, 0.5) is 0 Å². The number of ether oxygens (including phenoxy) is 3. The molecule has 0 rings (SSSR count). The first-order valence-corrected chi connectivity index (χ1v) is 27.5. The van der Waals surface area contributed by atoms with Gasteiger partial charge in [-0.05, 0) is 96.3 Å². The second-order valence-corrected chi connectivity index (χ2v) is 18.5. The lowest BCUT2D eigenvalue weighted by atomic mass is 10.1. The van der Waals surface area contributed by atoms with Gasteiger partial charge in [0.1, 0.15) is 13.2 Å². The van der Waals surface area contributed by atoms with Gasteiger partial charge in [0.05, 0.1) is 0 Å². The Morgan fingerprint density at radius 2 is 0.531 bits per heavy atom. The molecule has 64 heavy (non-hydrogen) atoms. The molecule has 7 heteroatoms. The Kier molecular flexibility index (Phi) is 54.6. The Labute approximate surface area is 396 Å². The van der Waals surface area contributed by atoms with E-state index < -0.39 is 6.10 Å². The molecule has 0 amide bonds. The molecule has 0 spiro atoms. The second-order valence-electron chi connectivity index (χ2n) is 18.5. The SMILES string of the molecule is CCCCCCCC/C=C\CCCCCCCC(=O)OCC(COC(=O)CCCCCCC/C=C\CCCCCCCC)OC(=O)CCCCCCC/C=C\CCCCCCCC.O. The van der Waals surface area contributed by atoms with Crippen LogP contribution in [0.25, 0.3) is 0 Å². The van der Waals surface area contributed by atoms with E-state index in [2.05, 4.69) is 57.2 Å². The molecule has 0 unspecified atom stereocenters. The van der Waals surface area contributed by atoms with Crippen LogP contribution in [-0.2, 0) is 28.6 Å². The average molecular weight is 903 g/mol. The molecule has 0 aromatic rings. The molecule has 0 saturated carbocycles. The van der Waals surface area contributed by atoms with Crippen LogP contribution in [0.3, 0.4) is 0 Å². The van der Waals surface area contributed by atoms with Crippen molar-refractivity contribution >= 4 is 17.9 Å². The van der Waals surface area contributed by atoms with Gasteiger partial charge >= 0.3 is 17.9 Å². The van der Waals surface area contributed by atoms with Crippen LogP contribution in [-0.4, -0.2) is 42.7 Å². The first kappa shape index (κ1) is 63.7. The standard InChI is InChI=1S/C57H104O6.H2O/c1-4-7-10-13-16-19-22-25-28-31-34-37-40-43-46-49-55(58)61-52-54(63-57(60)51-48-45-42-39-36-33-30-27-24-21-18-15-12-9-6-3)53-62-56(59)50-47-44-41-38-35-32-29-26-23-20-17-14-11-8-5-2;/h25-30,54H,4-24,31-53H2,1-3H3;1H2/b28-25-,29-26-,30-27-;. The maximum absolute atomic E-state index is 12.8. The quantitative estimate of drug-likeness (QED) is 0.0260. The monoisotopic (exact) mass is 903 g/mol. The molecule has 0 saturated heterocycles.